The summed E-state index contributed by atoms with van der Waals surface area (Å²) in [5.74, 6) is -0.446. The van der Waals surface area contributed by atoms with Gasteiger partial charge in [0.1, 0.15) is 5.82 Å². The minimum Gasteiger partial charge on any atom is -0.376 e. The summed E-state index contributed by atoms with van der Waals surface area (Å²) < 4.78 is 20.0. The summed E-state index contributed by atoms with van der Waals surface area (Å²) in [6, 6.07) is 6.48. The van der Waals surface area contributed by atoms with E-state index in [1.807, 2.05) is 13.0 Å². The van der Waals surface area contributed by atoms with Crippen LogP contribution in [0.15, 0.2) is 24.3 Å². The van der Waals surface area contributed by atoms with Crippen molar-refractivity contribution in [3.05, 3.63) is 35.0 Å². The molecule has 1 saturated heterocycles. The van der Waals surface area contributed by atoms with Crippen LogP contribution in [0.2, 0.25) is 0 Å². The Labute approximate surface area is 120 Å². The first-order valence-electron chi connectivity index (χ1n) is 6.75. The largest absolute Gasteiger partial charge is 0.376 e. The molecule has 20 heavy (non-hydrogen) atoms. The maximum Gasteiger partial charge on any atom is 0.261 e. The van der Waals surface area contributed by atoms with Crippen LogP contribution < -0.4 is 5.32 Å². The molecule has 1 aliphatic heterocycles. The number of thiophene rings is 1. The maximum absolute atomic E-state index is 13.6. The minimum absolute atomic E-state index is 0.0277. The summed E-state index contributed by atoms with van der Waals surface area (Å²) in [4.78, 5) is 12.8. The SMILES string of the molecule is C[C@H](NC(=O)c1cc2c(F)cccc2s1)[C@H]1CCCO1. The van der Waals surface area contributed by atoms with E-state index < -0.39 is 0 Å². The Morgan fingerprint density at radius 3 is 3.10 bits per heavy atom. The van der Waals surface area contributed by atoms with Gasteiger partial charge in [0.25, 0.3) is 5.91 Å². The van der Waals surface area contributed by atoms with E-state index in [0.717, 1.165) is 24.1 Å². The third-order valence-electron chi connectivity index (χ3n) is 3.61. The second-order valence-electron chi connectivity index (χ2n) is 5.08. The van der Waals surface area contributed by atoms with Gasteiger partial charge >= 0.3 is 0 Å². The molecule has 1 aromatic heterocycles. The average Bonchev–Trinajstić information content (AvgIpc) is 3.08. The summed E-state index contributed by atoms with van der Waals surface area (Å²) in [5.41, 5.74) is 0. The number of rotatable bonds is 3. The molecule has 0 spiro atoms. The standard InChI is InChI=1S/C15H16FNO2S/c1-9(12-5-3-7-19-12)17-15(18)14-8-10-11(16)4-2-6-13(10)20-14/h2,4,6,8-9,12H,3,5,7H2,1H3,(H,17,18)/t9-,12+/m0/s1. The van der Waals surface area contributed by atoms with Crippen LogP contribution in [0.3, 0.4) is 0 Å². The second-order valence-corrected chi connectivity index (χ2v) is 6.16. The van der Waals surface area contributed by atoms with Crippen molar-refractivity contribution in [1.82, 2.24) is 5.32 Å². The molecule has 3 rings (SSSR count). The molecule has 2 atom stereocenters. The van der Waals surface area contributed by atoms with E-state index >= 15 is 0 Å². The Morgan fingerprint density at radius 2 is 2.40 bits per heavy atom. The molecule has 1 amide bonds. The highest BCUT2D eigenvalue weighted by Crippen LogP contribution is 2.27. The van der Waals surface area contributed by atoms with Gasteiger partial charge in [0.2, 0.25) is 0 Å². The van der Waals surface area contributed by atoms with E-state index in [-0.39, 0.29) is 23.9 Å². The number of carbonyl (C=O) groups is 1. The van der Waals surface area contributed by atoms with E-state index in [9.17, 15) is 9.18 Å². The zero-order valence-electron chi connectivity index (χ0n) is 11.2. The van der Waals surface area contributed by atoms with Gasteiger partial charge in [-0.25, -0.2) is 4.39 Å². The molecule has 0 bridgehead atoms. The van der Waals surface area contributed by atoms with Crippen molar-refractivity contribution in [1.29, 1.82) is 0 Å². The third-order valence-corrected chi connectivity index (χ3v) is 4.71. The van der Waals surface area contributed by atoms with Crippen molar-refractivity contribution in [3.8, 4) is 0 Å². The van der Waals surface area contributed by atoms with Gasteiger partial charge in [-0.1, -0.05) is 6.07 Å². The zero-order valence-corrected chi connectivity index (χ0v) is 12.0. The first kappa shape index (κ1) is 13.5. The molecule has 1 fully saturated rings. The van der Waals surface area contributed by atoms with E-state index in [1.165, 1.54) is 17.4 Å². The van der Waals surface area contributed by atoms with Crippen LogP contribution >= 0.6 is 11.3 Å². The van der Waals surface area contributed by atoms with Crippen LogP contribution in [0.1, 0.15) is 29.4 Å². The molecular weight excluding hydrogens is 277 g/mol. The molecule has 0 unspecified atom stereocenters. The number of amides is 1. The van der Waals surface area contributed by atoms with Crippen molar-refractivity contribution >= 4 is 27.3 Å². The maximum atomic E-state index is 13.6. The van der Waals surface area contributed by atoms with E-state index in [0.29, 0.717) is 10.3 Å². The summed E-state index contributed by atoms with van der Waals surface area (Å²) in [6.45, 7) is 2.71. The van der Waals surface area contributed by atoms with Gasteiger partial charge < -0.3 is 10.1 Å². The van der Waals surface area contributed by atoms with Gasteiger partial charge in [0, 0.05) is 16.7 Å². The number of benzene rings is 1. The van der Waals surface area contributed by atoms with Crippen LogP contribution in [0.4, 0.5) is 4.39 Å². The number of nitrogens with one attached hydrogen (secondary N) is 1. The van der Waals surface area contributed by atoms with Crippen molar-refractivity contribution in [2.24, 2.45) is 0 Å². The number of hydrogen-bond acceptors (Lipinski definition) is 3. The lowest BCUT2D eigenvalue weighted by Crippen LogP contribution is -2.40. The fourth-order valence-electron chi connectivity index (χ4n) is 2.50. The Morgan fingerprint density at radius 1 is 1.55 bits per heavy atom. The van der Waals surface area contributed by atoms with Gasteiger partial charge in [-0.05, 0) is 38.0 Å². The average molecular weight is 293 g/mol. The lowest BCUT2D eigenvalue weighted by atomic mass is 10.1. The topological polar surface area (TPSA) is 38.3 Å². The fourth-order valence-corrected chi connectivity index (χ4v) is 3.48. The van der Waals surface area contributed by atoms with Gasteiger partial charge in [-0.3, -0.25) is 4.79 Å². The predicted octanol–water partition coefficient (Wildman–Crippen LogP) is 3.34. The number of ether oxygens (including phenoxy) is 1. The van der Waals surface area contributed by atoms with Crippen molar-refractivity contribution < 1.29 is 13.9 Å². The number of hydrogen-bond donors (Lipinski definition) is 1. The molecule has 3 nitrogen and oxygen atoms in total. The highest BCUT2D eigenvalue weighted by atomic mass is 32.1. The number of carbonyl (C=O) groups excluding carboxylic acids is 1. The van der Waals surface area contributed by atoms with Gasteiger partial charge in [0.05, 0.1) is 17.0 Å². The van der Waals surface area contributed by atoms with E-state index in [1.54, 1.807) is 12.1 Å². The van der Waals surface area contributed by atoms with Crippen molar-refractivity contribution in [2.45, 2.75) is 31.9 Å². The quantitative estimate of drug-likeness (QED) is 0.942. The van der Waals surface area contributed by atoms with Crippen molar-refractivity contribution in [3.63, 3.8) is 0 Å². The third kappa shape index (κ3) is 2.55. The Balaban J connectivity index is 1.76. The molecule has 0 aliphatic carbocycles. The van der Waals surface area contributed by atoms with Crippen LogP contribution in [-0.4, -0.2) is 24.7 Å². The lowest BCUT2D eigenvalue weighted by Gasteiger charge is -2.19. The van der Waals surface area contributed by atoms with Crippen molar-refractivity contribution in [2.75, 3.05) is 6.61 Å². The van der Waals surface area contributed by atoms with Crippen LogP contribution in [0.25, 0.3) is 10.1 Å². The van der Waals surface area contributed by atoms with Crippen LogP contribution in [0, 0.1) is 5.82 Å². The zero-order chi connectivity index (χ0) is 14.1. The summed E-state index contributed by atoms with van der Waals surface area (Å²) >= 11 is 1.31. The predicted molar refractivity (Wildman–Crippen MR) is 77.7 cm³/mol. The van der Waals surface area contributed by atoms with Crippen LogP contribution in [-0.2, 0) is 4.74 Å². The molecule has 5 heteroatoms. The molecule has 1 aliphatic rings. The molecule has 1 aromatic carbocycles. The lowest BCUT2D eigenvalue weighted by molar-refractivity contribution is 0.0714. The highest BCUT2D eigenvalue weighted by Gasteiger charge is 2.24. The molecule has 2 heterocycles. The first-order valence-corrected chi connectivity index (χ1v) is 7.57. The van der Waals surface area contributed by atoms with Gasteiger partial charge in [-0.15, -0.1) is 11.3 Å². The Kier molecular flexibility index (Phi) is 3.72. The van der Waals surface area contributed by atoms with Gasteiger partial charge in [0.15, 0.2) is 0 Å². The number of fused-ring (bicyclic) bond motifs is 1. The summed E-state index contributed by atoms with van der Waals surface area (Å²) in [6.07, 6.45) is 2.10. The molecule has 0 radical (unpaired) electrons. The minimum atomic E-state index is -0.287. The molecule has 106 valence electrons. The van der Waals surface area contributed by atoms with E-state index in [4.69, 9.17) is 4.74 Å². The smallest absolute Gasteiger partial charge is 0.261 e. The molecule has 1 N–H and O–H groups in total. The fraction of sp³-hybridized carbons (Fsp3) is 0.400. The number of halogens is 1. The molecule has 0 saturated carbocycles. The highest BCUT2D eigenvalue weighted by molar-refractivity contribution is 7.20. The van der Waals surface area contributed by atoms with Crippen LogP contribution in [0.5, 0.6) is 0 Å². The normalized spacial score (nSPS) is 20.2. The van der Waals surface area contributed by atoms with E-state index in [2.05, 4.69) is 5.32 Å². The first-order chi connectivity index (χ1) is 9.65. The monoisotopic (exact) mass is 293 g/mol. The second kappa shape index (κ2) is 5.50. The summed E-state index contributed by atoms with van der Waals surface area (Å²) in [5, 5.41) is 3.45. The molecule has 2 aromatic rings. The van der Waals surface area contributed by atoms with Gasteiger partial charge in [-0.2, -0.15) is 0 Å². The Bertz CT molecular complexity index is 634. The summed E-state index contributed by atoms with van der Waals surface area (Å²) in [7, 11) is 0. The molecular formula is C15H16FNO2S. The Hall–Kier alpha value is -1.46.